The lowest BCUT2D eigenvalue weighted by Crippen LogP contribution is -2.13. The van der Waals surface area contributed by atoms with Crippen LogP contribution in [0, 0.1) is 6.92 Å². The van der Waals surface area contributed by atoms with Gasteiger partial charge in [-0.1, -0.05) is 11.6 Å². The SMILES string of the molecule is CNC(C=C(C)C)c1ccc(C)o1. The van der Waals surface area contributed by atoms with Crippen LogP contribution in [-0.2, 0) is 0 Å². The summed E-state index contributed by atoms with van der Waals surface area (Å²) >= 11 is 0. The van der Waals surface area contributed by atoms with Crippen LogP contribution in [0.2, 0.25) is 0 Å². The maximum absolute atomic E-state index is 5.53. The van der Waals surface area contributed by atoms with E-state index in [1.807, 2.05) is 26.1 Å². The minimum absolute atomic E-state index is 0.193. The minimum Gasteiger partial charge on any atom is -0.464 e. The molecule has 1 unspecified atom stereocenters. The minimum atomic E-state index is 0.193. The van der Waals surface area contributed by atoms with Gasteiger partial charge < -0.3 is 9.73 Å². The second kappa shape index (κ2) is 4.28. The molecule has 0 aromatic carbocycles. The van der Waals surface area contributed by atoms with Crippen LogP contribution in [0.3, 0.4) is 0 Å². The summed E-state index contributed by atoms with van der Waals surface area (Å²) < 4.78 is 5.53. The van der Waals surface area contributed by atoms with Crippen molar-refractivity contribution in [3.05, 3.63) is 35.3 Å². The van der Waals surface area contributed by atoms with Crippen molar-refractivity contribution in [2.45, 2.75) is 26.8 Å². The van der Waals surface area contributed by atoms with E-state index in [9.17, 15) is 0 Å². The van der Waals surface area contributed by atoms with Gasteiger partial charge in [0.2, 0.25) is 0 Å². The quantitative estimate of drug-likeness (QED) is 0.722. The van der Waals surface area contributed by atoms with Gasteiger partial charge in [0.15, 0.2) is 0 Å². The van der Waals surface area contributed by atoms with Crippen molar-refractivity contribution in [2.24, 2.45) is 0 Å². The Morgan fingerprint density at radius 1 is 1.46 bits per heavy atom. The highest BCUT2D eigenvalue weighted by atomic mass is 16.3. The molecule has 0 radical (unpaired) electrons. The first-order valence-corrected chi connectivity index (χ1v) is 4.52. The first-order valence-electron chi connectivity index (χ1n) is 4.52. The molecule has 1 atom stereocenters. The third-order valence-corrected chi connectivity index (χ3v) is 1.88. The van der Waals surface area contributed by atoms with Gasteiger partial charge >= 0.3 is 0 Å². The van der Waals surface area contributed by atoms with E-state index in [0.29, 0.717) is 0 Å². The van der Waals surface area contributed by atoms with E-state index < -0.39 is 0 Å². The maximum atomic E-state index is 5.53. The second-order valence-electron chi connectivity index (χ2n) is 3.46. The third-order valence-electron chi connectivity index (χ3n) is 1.88. The summed E-state index contributed by atoms with van der Waals surface area (Å²) in [6.07, 6.45) is 2.15. The number of hydrogen-bond acceptors (Lipinski definition) is 2. The predicted octanol–water partition coefficient (Wildman–Crippen LogP) is 2.81. The number of likely N-dealkylation sites (N-methyl/N-ethyl adjacent to an activating group) is 1. The summed E-state index contributed by atoms with van der Waals surface area (Å²) in [5.41, 5.74) is 1.29. The zero-order chi connectivity index (χ0) is 9.84. The van der Waals surface area contributed by atoms with Crippen LogP contribution in [-0.4, -0.2) is 7.05 Å². The van der Waals surface area contributed by atoms with Crippen molar-refractivity contribution in [3.63, 3.8) is 0 Å². The first-order chi connectivity index (χ1) is 6.13. The monoisotopic (exact) mass is 179 g/mol. The molecule has 0 aliphatic heterocycles. The molecule has 1 N–H and O–H groups in total. The molecular weight excluding hydrogens is 162 g/mol. The summed E-state index contributed by atoms with van der Waals surface area (Å²) in [6, 6.07) is 4.19. The van der Waals surface area contributed by atoms with E-state index in [0.717, 1.165) is 11.5 Å². The van der Waals surface area contributed by atoms with E-state index in [2.05, 4.69) is 25.2 Å². The molecule has 2 heteroatoms. The molecule has 0 bridgehead atoms. The van der Waals surface area contributed by atoms with E-state index in [1.54, 1.807) is 0 Å². The lowest BCUT2D eigenvalue weighted by Gasteiger charge is -2.08. The summed E-state index contributed by atoms with van der Waals surface area (Å²) in [4.78, 5) is 0. The summed E-state index contributed by atoms with van der Waals surface area (Å²) in [5, 5.41) is 3.19. The number of hydrogen-bond donors (Lipinski definition) is 1. The zero-order valence-electron chi connectivity index (χ0n) is 8.72. The standard InChI is InChI=1S/C11H17NO/c1-8(2)7-10(12-4)11-6-5-9(3)13-11/h5-7,10,12H,1-4H3. The van der Waals surface area contributed by atoms with Crippen LogP contribution in [0.4, 0.5) is 0 Å². The number of allylic oxidation sites excluding steroid dienone is 1. The highest BCUT2D eigenvalue weighted by Crippen LogP contribution is 2.18. The number of aryl methyl sites for hydroxylation is 1. The Morgan fingerprint density at radius 3 is 2.54 bits per heavy atom. The topological polar surface area (TPSA) is 25.2 Å². The molecule has 0 amide bonds. The third kappa shape index (κ3) is 2.74. The van der Waals surface area contributed by atoms with Crippen LogP contribution in [0.25, 0.3) is 0 Å². The molecular formula is C11H17NO. The van der Waals surface area contributed by atoms with Crippen molar-refractivity contribution in [2.75, 3.05) is 7.05 Å². The Kier molecular flexibility index (Phi) is 3.32. The van der Waals surface area contributed by atoms with E-state index in [1.165, 1.54) is 5.57 Å². The van der Waals surface area contributed by atoms with Gasteiger partial charge in [0.25, 0.3) is 0 Å². The fraction of sp³-hybridized carbons (Fsp3) is 0.455. The molecule has 0 aliphatic carbocycles. The van der Waals surface area contributed by atoms with Crippen LogP contribution in [0.1, 0.15) is 31.4 Å². The summed E-state index contributed by atoms with van der Waals surface area (Å²) in [6.45, 7) is 6.12. The summed E-state index contributed by atoms with van der Waals surface area (Å²) in [5.74, 6) is 1.93. The average Bonchev–Trinajstić information content (AvgIpc) is 2.47. The molecule has 0 spiro atoms. The summed E-state index contributed by atoms with van der Waals surface area (Å²) in [7, 11) is 1.93. The van der Waals surface area contributed by atoms with Crippen LogP contribution >= 0.6 is 0 Å². The smallest absolute Gasteiger partial charge is 0.125 e. The van der Waals surface area contributed by atoms with Crippen molar-refractivity contribution in [1.29, 1.82) is 0 Å². The predicted molar refractivity (Wildman–Crippen MR) is 54.7 cm³/mol. The number of rotatable bonds is 3. The van der Waals surface area contributed by atoms with E-state index in [4.69, 9.17) is 4.42 Å². The lowest BCUT2D eigenvalue weighted by molar-refractivity contribution is 0.448. The van der Waals surface area contributed by atoms with Gasteiger partial charge in [0.05, 0.1) is 6.04 Å². The Balaban J connectivity index is 2.84. The van der Waals surface area contributed by atoms with Crippen molar-refractivity contribution < 1.29 is 4.42 Å². The molecule has 1 aromatic rings. The Bertz CT molecular complexity index is 295. The molecule has 2 nitrogen and oxygen atoms in total. The molecule has 0 saturated heterocycles. The van der Waals surface area contributed by atoms with Crippen LogP contribution in [0.5, 0.6) is 0 Å². The van der Waals surface area contributed by atoms with Gasteiger partial charge in [0.1, 0.15) is 11.5 Å². The Hall–Kier alpha value is -1.02. The van der Waals surface area contributed by atoms with Gasteiger partial charge in [-0.25, -0.2) is 0 Å². The molecule has 1 rings (SSSR count). The van der Waals surface area contributed by atoms with Crippen LogP contribution in [0.15, 0.2) is 28.2 Å². The maximum Gasteiger partial charge on any atom is 0.125 e. The average molecular weight is 179 g/mol. The van der Waals surface area contributed by atoms with Crippen molar-refractivity contribution in [1.82, 2.24) is 5.32 Å². The lowest BCUT2D eigenvalue weighted by atomic mass is 10.1. The van der Waals surface area contributed by atoms with Gasteiger partial charge in [0, 0.05) is 0 Å². The van der Waals surface area contributed by atoms with Gasteiger partial charge in [-0.2, -0.15) is 0 Å². The Morgan fingerprint density at radius 2 is 2.15 bits per heavy atom. The van der Waals surface area contributed by atoms with Crippen molar-refractivity contribution >= 4 is 0 Å². The second-order valence-corrected chi connectivity index (χ2v) is 3.46. The fourth-order valence-corrected chi connectivity index (χ4v) is 1.26. The molecule has 0 fully saturated rings. The largest absolute Gasteiger partial charge is 0.464 e. The normalized spacial score (nSPS) is 12.6. The highest BCUT2D eigenvalue weighted by Gasteiger charge is 2.08. The first kappa shape index (κ1) is 10.1. The number of nitrogens with one attached hydrogen (secondary N) is 1. The van der Waals surface area contributed by atoms with E-state index in [-0.39, 0.29) is 6.04 Å². The zero-order valence-corrected chi connectivity index (χ0v) is 8.72. The molecule has 72 valence electrons. The van der Waals surface area contributed by atoms with Crippen LogP contribution < -0.4 is 5.32 Å². The Labute approximate surface area is 79.6 Å². The molecule has 1 heterocycles. The number of furan rings is 1. The van der Waals surface area contributed by atoms with Crippen molar-refractivity contribution in [3.8, 4) is 0 Å². The molecule has 0 saturated carbocycles. The van der Waals surface area contributed by atoms with E-state index >= 15 is 0 Å². The molecule has 13 heavy (non-hydrogen) atoms. The van der Waals surface area contributed by atoms with Gasteiger partial charge in [-0.3, -0.25) is 0 Å². The highest BCUT2D eigenvalue weighted by molar-refractivity contribution is 5.16. The van der Waals surface area contributed by atoms with Gasteiger partial charge in [-0.15, -0.1) is 0 Å². The molecule has 0 aliphatic rings. The molecule has 1 aromatic heterocycles. The fourth-order valence-electron chi connectivity index (χ4n) is 1.26. The van der Waals surface area contributed by atoms with Gasteiger partial charge in [-0.05, 0) is 40.0 Å².